The largest absolute Gasteiger partial charge is 0.490 e. The van der Waals surface area contributed by atoms with Crippen molar-refractivity contribution in [3.8, 4) is 11.5 Å². The molecule has 0 saturated heterocycles. The third-order valence-electron chi connectivity index (χ3n) is 2.34. The van der Waals surface area contributed by atoms with E-state index in [0.29, 0.717) is 37.7 Å². The standard InChI is InChI=1S/C13H21NO3/c1-3-16-13-8-11(9-14)4-5-12(13)17-7-6-10(2)15/h4-5,8,10,15H,3,6-7,9,14H2,1-2H3. The zero-order valence-electron chi connectivity index (χ0n) is 10.5. The molecule has 0 amide bonds. The fourth-order valence-electron chi connectivity index (χ4n) is 1.41. The summed E-state index contributed by atoms with van der Waals surface area (Å²) in [5.41, 5.74) is 6.59. The molecule has 1 atom stereocenters. The number of aliphatic hydroxyl groups excluding tert-OH is 1. The molecule has 0 spiro atoms. The second-order valence-corrected chi connectivity index (χ2v) is 3.90. The van der Waals surface area contributed by atoms with Gasteiger partial charge in [-0.3, -0.25) is 0 Å². The number of ether oxygens (including phenoxy) is 2. The predicted octanol–water partition coefficient (Wildman–Crippen LogP) is 1.69. The third-order valence-corrected chi connectivity index (χ3v) is 2.34. The molecule has 0 bridgehead atoms. The Morgan fingerprint density at radius 3 is 2.65 bits per heavy atom. The molecule has 4 heteroatoms. The van der Waals surface area contributed by atoms with Crippen molar-refractivity contribution >= 4 is 0 Å². The Kier molecular flexibility index (Phi) is 5.80. The van der Waals surface area contributed by atoms with Gasteiger partial charge in [-0.25, -0.2) is 0 Å². The quantitative estimate of drug-likeness (QED) is 0.760. The monoisotopic (exact) mass is 239 g/mol. The maximum Gasteiger partial charge on any atom is 0.161 e. The van der Waals surface area contributed by atoms with Crippen LogP contribution in [-0.4, -0.2) is 24.4 Å². The topological polar surface area (TPSA) is 64.7 Å². The van der Waals surface area contributed by atoms with Crippen molar-refractivity contribution < 1.29 is 14.6 Å². The molecule has 0 heterocycles. The Morgan fingerprint density at radius 2 is 2.06 bits per heavy atom. The minimum absolute atomic E-state index is 0.353. The summed E-state index contributed by atoms with van der Waals surface area (Å²) in [5, 5.41) is 9.16. The summed E-state index contributed by atoms with van der Waals surface area (Å²) in [5.74, 6) is 1.41. The van der Waals surface area contributed by atoms with Crippen molar-refractivity contribution in [3.63, 3.8) is 0 Å². The van der Waals surface area contributed by atoms with Crippen molar-refractivity contribution in [1.82, 2.24) is 0 Å². The second kappa shape index (κ2) is 7.14. The Bertz CT molecular complexity index is 339. The molecule has 0 saturated carbocycles. The van der Waals surface area contributed by atoms with Crippen LogP contribution in [0.2, 0.25) is 0 Å². The van der Waals surface area contributed by atoms with Gasteiger partial charge in [0.1, 0.15) is 0 Å². The first-order valence-corrected chi connectivity index (χ1v) is 5.94. The lowest BCUT2D eigenvalue weighted by molar-refractivity contribution is 0.153. The molecule has 0 aliphatic heterocycles. The highest BCUT2D eigenvalue weighted by molar-refractivity contribution is 5.43. The van der Waals surface area contributed by atoms with E-state index in [1.165, 1.54) is 0 Å². The minimum atomic E-state index is -0.353. The number of nitrogens with two attached hydrogens (primary N) is 1. The molecule has 0 aromatic heterocycles. The van der Waals surface area contributed by atoms with Gasteiger partial charge < -0.3 is 20.3 Å². The smallest absolute Gasteiger partial charge is 0.161 e. The zero-order valence-corrected chi connectivity index (χ0v) is 10.5. The Morgan fingerprint density at radius 1 is 1.29 bits per heavy atom. The van der Waals surface area contributed by atoms with Crippen LogP contribution in [-0.2, 0) is 6.54 Å². The molecule has 1 aromatic carbocycles. The third kappa shape index (κ3) is 4.63. The van der Waals surface area contributed by atoms with Crippen LogP contribution in [0.3, 0.4) is 0 Å². The molecule has 0 aliphatic carbocycles. The van der Waals surface area contributed by atoms with E-state index in [9.17, 15) is 0 Å². The van der Waals surface area contributed by atoms with Crippen LogP contribution in [0.15, 0.2) is 18.2 Å². The molecular weight excluding hydrogens is 218 g/mol. The molecule has 17 heavy (non-hydrogen) atoms. The summed E-state index contributed by atoms with van der Waals surface area (Å²) in [7, 11) is 0. The van der Waals surface area contributed by atoms with Crippen LogP contribution in [0.5, 0.6) is 11.5 Å². The molecule has 1 aromatic rings. The van der Waals surface area contributed by atoms with E-state index in [1.807, 2.05) is 25.1 Å². The fraction of sp³-hybridized carbons (Fsp3) is 0.538. The van der Waals surface area contributed by atoms with Gasteiger partial charge in [0.15, 0.2) is 11.5 Å². The molecule has 0 fully saturated rings. The van der Waals surface area contributed by atoms with Crippen molar-refractivity contribution in [3.05, 3.63) is 23.8 Å². The van der Waals surface area contributed by atoms with E-state index in [1.54, 1.807) is 6.92 Å². The van der Waals surface area contributed by atoms with Gasteiger partial charge in [0.25, 0.3) is 0 Å². The highest BCUT2D eigenvalue weighted by Gasteiger charge is 2.06. The van der Waals surface area contributed by atoms with Crippen LogP contribution in [0.25, 0.3) is 0 Å². The van der Waals surface area contributed by atoms with Gasteiger partial charge >= 0.3 is 0 Å². The summed E-state index contributed by atoms with van der Waals surface area (Å²) in [6, 6.07) is 5.66. The van der Waals surface area contributed by atoms with E-state index in [4.69, 9.17) is 20.3 Å². The first-order chi connectivity index (χ1) is 8.17. The molecule has 3 N–H and O–H groups in total. The first kappa shape index (κ1) is 13.8. The Labute approximate surface area is 102 Å². The average Bonchev–Trinajstić information content (AvgIpc) is 2.31. The van der Waals surface area contributed by atoms with Crippen LogP contribution in [0.4, 0.5) is 0 Å². The predicted molar refractivity (Wildman–Crippen MR) is 67.3 cm³/mol. The lowest BCUT2D eigenvalue weighted by Crippen LogP contribution is -2.08. The Hall–Kier alpha value is -1.26. The van der Waals surface area contributed by atoms with Gasteiger partial charge in [-0.2, -0.15) is 0 Å². The summed E-state index contributed by atoms with van der Waals surface area (Å²) >= 11 is 0. The number of aliphatic hydroxyl groups is 1. The maximum atomic E-state index is 9.16. The van der Waals surface area contributed by atoms with Crippen molar-refractivity contribution in [1.29, 1.82) is 0 Å². The van der Waals surface area contributed by atoms with Crippen LogP contribution in [0.1, 0.15) is 25.8 Å². The summed E-state index contributed by atoms with van der Waals surface area (Å²) in [4.78, 5) is 0. The average molecular weight is 239 g/mol. The van der Waals surface area contributed by atoms with Crippen LogP contribution >= 0.6 is 0 Å². The first-order valence-electron chi connectivity index (χ1n) is 5.94. The summed E-state index contributed by atoms with van der Waals surface area (Å²) in [6.07, 6.45) is 0.248. The maximum absolute atomic E-state index is 9.16. The van der Waals surface area contributed by atoms with Gasteiger partial charge in [0, 0.05) is 13.0 Å². The van der Waals surface area contributed by atoms with Crippen LogP contribution < -0.4 is 15.2 Å². The lowest BCUT2D eigenvalue weighted by atomic mass is 10.2. The Balaban J connectivity index is 2.68. The molecule has 0 aliphatic rings. The van der Waals surface area contributed by atoms with E-state index in [-0.39, 0.29) is 6.10 Å². The van der Waals surface area contributed by atoms with E-state index < -0.39 is 0 Å². The molecule has 0 radical (unpaired) electrons. The van der Waals surface area contributed by atoms with Crippen molar-refractivity contribution in [2.75, 3.05) is 13.2 Å². The summed E-state index contributed by atoms with van der Waals surface area (Å²) in [6.45, 7) is 5.20. The number of hydrogen-bond acceptors (Lipinski definition) is 4. The summed E-state index contributed by atoms with van der Waals surface area (Å²) < 4.78 is 11.1. The van der Waals surface area contributed by atoms with Crippen LogP contribution in [0, 0.1) is 0 Å². The highest BCUT2D eigenvalue weighted by atomic mass is 16.5. The van der Waals surface area contributed by atoms with Gasteiger partial charge in [-0.15, -0.1) is 0 Å². The number of hydrogen-bond donors (Lipinski definition) is 2. The van der Waals surface area contributed by atoms with Gasteiger partial charge in [0.2, 0.25) is 0 Å². The fourth-order valence-corrected chi connectivity index (χ4v) is 1.41. The molecular formula is C13H21NO3. The van der Waals surface area contributed by atoms with Gasteiger partial charge in [-0.1, -0.05) is 6.07 Å². The SMILES string of the molecule is CCOc1cc(CN)ccc1OCCC(C)O. The molecule has 96 valence electrons. The van der Waals surface area contributed by atoms with E-state index in [0.717, 1.165) is 5.56 Å². The van der Waals surface area contributed by atoms with Gasteiger partial charge in [-0.05, 0) is 31.5 Å². The second-order valence-electron chi connectivity index (χ2n) is 3.90. The molecule has 1 rings (SSSR count). The molecule has 1 unspecified atom stereocenters. The number of rotatable bonds is 7. The lowest BCUT2D eigenvalue weighted by Gasteiger charge is -2.13. The zero-order chi connectivity index (χ0) is 12.7. The number of benzene rings is 1. The van der Waals surface area contributed by atoms with Crippen molar-refractivity contribution in [2.45, 2.75) is 32.9 Å². The normalized spacial score (nSPS) is 12.2. The van der Waals surface area contributed by atoms with E-state index >= 15 is 0 Å². The highest BCUT2D eigenvalue weighted by Crippen LogP contribution is 2.28. The van der Waals surface area contributed by atoms with E-state index in [2.05, 4.69) is 0 Å². The van der Waals surface area contributed by atoms with Gasteiger partial charge in [0.05, 0.1) is 19.3 Å². The molecule has 4 nitrogen and oxygen atoms in total. The van der Waals surface area contributed by atoms with Crippen molar-refractivity contribution in [2.24, 2.45) is 5.73 Å². The minimum Gasteiger partial charge on any atom is -0.490 e.